The van der Waals surface area contributed by atoms with Crippen molar-refractivity contribution < 1.29 is 4.74 Å². The number of nitrogens with zero attached hydrogens (tertiary/aromatic N) is 2. The summed E-state index contributed by atoms with van der Waals surface area (Å²) in [6, 6.07) is 2.84. The first-order chi connectivity index (χ1) is 6.99. The van der Waals surface area contributed by atoms with Gasteiger partial charge < -0.3 is 4.74 Å². The maximum absolute atomic E-state index is 11.2. The average Bonchev–Trinajstić information content (AvgIpc) is 2.13. The summed E-state index contributed by atoms with van der Waals surface area (Å²) in [6.45, 7) is 7.92. The Morgan fingerprint density at radius 1 is 1.47 bits per heavy atom. The lowest BCUT2D eigenvalue weighted by atomic mass is 10.7. The number of ether oxygens (including phenoxy) is 1. The molecule has 4 nitrogen and oxygen atoms in total. The highest BCUT2D eigenvalue weighted by Gasteiger charge is 2.11. The fraction of sp³-hybridized carbons (Fsp3) is 0.600. The zero-order valence-electron chi connectivity index (χ0n) is 9.56. The molecule has 0 bridgehead atoms. The predicted octanol–water partition coefficient (Wildman–Crippen LogP) is 1.56. The van der Waals surface area contributed by atoms with Crippen LogP contribution in [-0.4, -0.2) is 24.2 Å². The van der Waals surface area contributed by atoms with Crippen molar-refractivity contribution in [2.45, 2.75) is 32.4 Å². The monoisotopic (exact) mass is 226 g/mol. The van der Waals surface area contributed by atoms with E-state index < -0.39 is 8.07 Å². The fourth-order valence-corrected chi connectivity index (χ4v) is 1.78. The molecule has 1 heterocycles. The maximum Gasteiger partial charge on any atom is 0.349 e. The summed E-state index contributed by atoms with van der Waals surface area (Å²) in [5.74, 6) is 0. The lowest BCUT2D eigenvalue weighted by Crippen LogP contribution is -2.25. The average molecular weight is 226 g/mol. The van der Waals surface area contributed by atoms with Crippen molar-refractivity contribution >= 4 is 8.07 Å². The van der Waals surface area contributed by atoms with E-state index >= 15 is 0 Å². The lowest BCUT2D eigenvalue weighted by Gasteiger charge is -2.15. The summed E-state index contributed by atoms with van der Waals surface area (Å²) < 4.78 is 6.90. The third kappa shape index (κ3) is 4.90. The van der Waals surface area contributed by atoms with Gasteiger partial charge in [-0.1, -0.05) is 19.6 Å². The zero-order chi connectivity index (χ0) is 11.3. The molecule has 0 aliphatic heterocycles. The van der Waals surface area contributed by atoms with Gasteiger partial charge in [0, 0.05) is 27.1 Å². The molecule has 0 atom stereocenters. The van der Waals surface area contributed by atoms with Crippen LogP contribution < -0.4 is 5.69 Å². The molecule has 1 aromatic rings. The van der Waals surface area contributed by atoms with Crippen molar-refractivity contribution in [2.24, 2.45) is 0 Å². The normalized spacial score (nSPS) is 11.7. The Balaban J connectivity index is 2.33. The topological polar surface area (TPSA) is 44.1 Å². The van der Waals surface area contributed by atoms with Crippen LogP contribution in [0.1, 0.15) is 0 Å². The van der Waals surface area contributed by atoms with Gasteiger partial charge in [-0.3, -0.25) is 4.57 Å². The van der Waals surface area contributed by atoms with Gasteiger partial charge >= 0.3 is 5.69 Å². The summed E-state index contributed by atoms with van der Waals surface area (Å²) in [4.78, 5) is 14.8. The minimum Gasteiger partial charge on any atom is -0.361 e. The van der Waals surface area contributed by atoms with Gasteiger partial charge in [-0.05, 0) is 12.1 Å². The molecule has 0 aliphatic carbocycles. The van der Waals surface area contributed by atoms with Crippen LogP contribution in [0.15, 0.2) is 23.3 Å². The van der Waals surface area contributed by atoms with Crippen molar-refractivity contribution in [3.05, 3.63) is 28.9 Å². The second-order valence-electron chi connectivity index (χ2n) is 4.72. The smallest absolute Gasteiger partial charge is 0.349 e. The molecule has 0 saturated heterocycles. The molecule has 5 heteroatoms. The molecule has 0 saturated carbocycles. The SMILES string of the molecule is C[Si](C)(C)CCOCn1cccnc1=O. The predicted molar refractivity (Wildman–Crippen MR) is 62.6 cm³/mol. The van der Waals surface area contributed by atoms with Crippen molar-refractivity contribution in [1.82, 2.24) is 9.55 Å². The van der Waals surface area contributed by atoms with E-state index in [4.69, 9.17) is 4.74 Å². The van der Waals surface area contributed by atoms with Crippen LogP contribution in [0.5, 0.6) is 0 Å². The van der Waals surface area contributed by atoms with Gasteiger partial charge in [0.15, 0.2) is 0 Å². The van der Waals surface area contributed by atoms with Gasteiger partial charge in [-0.2, -0.15) is 0 Å². The third-order valence-electron chi connectivity index (χ3n) is 2.01. The number of rotatable bonds is 5. The Morgan fingerprint density at radius 3 is 2.80 bits per heavy atom. The first kappa shape index (κ1) is 12.1. The summed E-state index contributed by atoms with van der Waals surface area (Å²) in [5, 5.41) is 0. The number of aromatic nitrogens is 2. The van der Waals surface area contributed by atoms with E-state index in [1.165, 1.54) is 10.8 Å². The van der Waals surface area contributed by atoms with Gasteiger partial charge in [-0.15, -0.1) is 0 Å². The highest BCUT2D eigenvalue weighted by molar-refractivity contribution is 6.76. The second kappa shape index (κ2) is 5.23. The van der Waals surface area contributed by atoms with Gasteiger partial charge in [0.2, 0.25) is 0 Å². The van der Waals surface area contributed by atoms with Crippen LogP contribution >= 0.6 is 0 Å². The van der Waals surface area contributed by atoms with Crippen LogP contribution in [0.4, 0.5) is 0 Å². The van der Waals surface area contributed by atoms with E-state index in [1.807, 2.05) is 0 Å². The fourth-order valence-electron chi connectivity index (χ4n) is 1.03. The lowest BCUT2D eigenvalue weighted by molar-refractivity contribution is 0.0837. The standard InChI is InChI=1S/C10H18N2O2Si/c1-15(2,3)8-7-14-9-12-6-4-5-11-10(12)13/h4-6H,7-9H2,1-3H3. The van der Waals surface area contributed by atoms with Crippen LogP contribution in [0, 0.1) is 0 Å². The summed E-state index contributed by atoms with van der Waals surface area (Å²) in [7, 11) is -1.04. The van der Waals surface area contributed by atoms with Crippen molar-refractivity contribution in [2.75, 3.05) is 6.61 Å². The highest BCUT2D eigenvalue weighted by atomic mass is 28.3. The summed E-state index contributed by atoms with van der Waals surface area (Å²) in [6.07, 6.45) is 3.17. The van der Waals surface area contributed by atoms with E-state index in [2.05, 4.69) is 24.6 Å². The Kier molecular flexibility index (Phi) is 4.23. The second-order valence-corrected chi connectivity index (χ2v) is 10.3. The molecule has 15 heavy (non-hydrogen) atoms. The van der Waals surface area contributed by atoms with Crippen LogP contribution in [-0.2, 0) is 11.5 Å². The molecule has 0 aromatic carbocycles. The molecule has 1 aromatic heterocycles. The van der Waals surface area contributed by atoms with Crippen LogP contribution in [0.3, 0.4) is 0 Å². The Morgan fingerprint density at radius 2 is 2.20 bits per heavy atom. The van der Waals surface area contributed by atoms with Gasteiger partial charge in [0.1, 0.15) is 6.73 Å². The van der Waals surface area contributed by atoms with Gasteiger partial charge in [0.25, 0.3) is 0 Å². The molecule has 0 spiro atoms. The molecule has 84 valence electrons. The van der Waals surface area contributed by atoms with Crippen molar-refractivity contribution in [3.63, 3.8) is 0 Å². The van der Waals surface area contributed by atoms with Crippen molar-refractivity contribution in [3.8, 4) is 0 Å². The quantitative estimate of drug-likeness (QED) is 0.565. The summed E-state index contributed by atoms with van der Waals surface area (Å²) >= 11 is 0. The zero-order valence-corrected chi connectivity index (χ0v) is 10.6. The molecular weight excluding hydrogens is 208 g/mol. The Hall–Kier alpha value is -0.943. The number of hydrogen-bond donors (Lipinski definition) is 0. The minimum absolute atomic E-state index is 0.259. The molecule has 1 rings (SSSR count). The van der Waals surface area contributed by atoms with Gasteiger partial charge in [-0.25, -0.2) is 9.78 Å². The van der Waals surface area contributed by atoms with Crippen LogP contribution in [0.2, 0.25) is 25.7 Å². The first-order valence-electron chi connectivity index (χ1n) is 5.08. The highest BCUT2D eigenvalue weighted by Crippen LogP contribution is 2.07. The molecule has 0 fully saturated rings. The van der Waals surface area contributed by atoms with Gasteiger partial charge in [0.05, 0.1) is 0 Å². The summed E-state index contributed by atoms with van der Waals surface area (Å²) in [5.41, 5.74) is -0.259. The van der Waals surface area contributed by atoms with E-state index in [0.29, 0.717) is 6.73 Å². The third-order valence-corrected chi connectivity index (χ3v) is 3.71. The molecule has 0 N–H and O–H groups in total. The molecule has 0 radical (unpaired) electrons. The maximum atomic E-state index is 11.2. The molecule has 0 unspecified atom stereocenters. The Bertz CT molecular complexity index is 357. The molecule has 0 aliphatic rings. The van der Waals surface area contributed by atoms with E-state index in [0.717, 1.165) is 12.7 Å². The largest absolute Gasteiger partial charge is 0.361 e. The van der Waals surface area contributed by atoms with E-state index in [9.17, 15) is 4.79 Å². The molecular formula is C10H18N2O2Si. The Labute approximate surface area is 90.9 Å². The minimum atomic E-state index is -1.04. The van der Waals surface area contributed by atoms with Crippen molar-refractivity contribution in [1.29, 1.82) is 0 Å². The number of hydrogen-bond acceptors (Lipinski definition) is 3. The van der Waals surface area contributed by atoms with E-state index in [1.54, 1.807) is 12.3 Å². The van der Waals surface area contributed by atoms with Crippen LogP contribution in [0.25, 0.3) is 0 Å². The van der Waals surface area contributed by atoms with E-state index in [-0.39, 0.29) is 5.69 Å². The molecule has 0 amide bonds. The first-order valence-corrected chi connectivity index (χ1v) is 8.79.